The predicted molar refractivity (Wildman–Crippen MR) is 50.5 cm³/mol. The topological polar surface area (TPSA) is 34.0 Å². The van der Waals surface area contributed by atoms with Crippen molar-refractivity contribution in [3.05, 3.63) is 11.9 Å². The van der Waals surface area contributed by atoms with Gasteiger partial charge in [0.1, 0.15) is 0 Å². The smallest absolute Gasteiger partial charge is 0.196 e. The van der Waals surface area contributed by atoms with Gasteiger partial charge in [0.25, 0.3) is 0 Å². The summed E-state index contributed by atoms with van der Waals surface area (Å²) >= 11 is 0. The van der Waals surface area contributed by atoms with Crippen molar-refractivity contribution in [2.75, 3.05) is 7.11 Å². The van der Waals surface area contributed by atoms with Crippen LogP contribution >= 0.6 is 0 Å². The number of rotatable bonds is 0. The molecule has 66 valence electrons. The highest BCUT2D eigenvalue weighted by atomic mass is 16.5. The lowest BCUT2D eigenvalue weighted by molar-refractivity contribution is 0.384. The zero-order chi connectivity index (χ0) is 9.14. The maximum atomic E-state index is 5.13. The Bertz CT molecular complexity index is 264. The van der Waals surface area contributed by atoms with Gasteiger partial charge < -0.3 is 4.74 Å². The van der Waals surface area contributed by atoms with E-state index in [2.05, 4.69) is 9.98 Å². The highest BCUT2D eigenvalue weighted by Crippen LogP contribution is 2.11. The molecule has 1 aliphatic rings. The van der Waals surface area contributed by atoms with Crippen LogP contribution in [0.25, 0.3) is 0 Å². The minimum absolute atomic E-state index is 0.184. The lowest BCUT2D eigenvalue weighted by Gasteiger charge is -2.10. The van der Waals surface area contributed by atoms with E-state index >= 15 is 0 Å². The van der Waals surface area contributed by atoms with Gasteiger partial charge in [-0.2, -0.15) is 0 Å². The highest BCUT2D eigenvalue weighted by molar-refractivity contribution is 6.03. The van der Waals surface area contributed by atoms with Crippen molar-refractivity contribution >= 4 is 11.6 Å². The fourth-order valence-electron chi connectivity index (χ4n) is 1.08. The number of allylic oxidation sites excluding steroid dienone is 1. The van der Waals surface area contributed by atoms with Crippen molar-refractivity contribution in [3.63, 3.8) is 0 Å². The van der Waals surface area contributed by atoms with Crippen LogP contribution in [0.1, 0.15) is 20.8 Å². The molecule has 1 rings (SSSR count). The van der Waals surface area contributed by atoms with Gasteiger partial charge in [-0.1, -0.05) is 0 Å². The minimum Gasteiger partial charge on any atom is -0.484 e. The molecule has 0 fully saturated rings. The van der Waals surface area contributed by atoms with E-state index in [1.165, 1.54) is 0 Å². The molecule has 0 aromatic heterocycles. The Hall–Kier alpha value is -1.12. The second-order valence-electron chi connectivity index (χ2n) is 2.92. The van der Waals surface area contributed by atoms with Gasteiger partial charge >= 0.3 is 0 Å². The van der Waals surface area contributed by atoms with E-state index < -0.39 is 0 Å². The van der Waals surface area contributed by atoms with E-state index in [1.807, 2.05) is 20.8 Å². The largest absolute Gasteiger partial charge is 0.484 e. The molecule has 1 aliphatic heterocycles. The second-order valence-corrected chi connectivity index (χ2v) is 2.92. The molecule has 0 radical (unpaired) electrons. The number of hydrogen-bond acceptors (Lipinski definition) is 3. The number of nitrogens with zero attached hydrogens (tertiary/aromatic N) is 2. The maximum Gasteiger partial charge on any atom is 0.196 e. The van der Waals surface area contributed by atoms with Crippen molar-refractivity contribution < 1.29 is 4.74 Å². The second kappa shape index (κ2) is 3.52. The van der Waals surface area contributed by atoms with Crippen molar-refractivity contribution in [2.45, 2.75) is 20.8 Å². The van der Waals surface area contributed by atoms with Crippen molar-refractivity contribution in [1.82, 2.24) is 0 Å². The molecule has 0 aromatic carbocycles. The van der Waals surface area contributed by atoms with Crippen molar-refractivity contribution in [1.29, 1.82) is 0 Å². The van der Waals surface area contributed by atoms with Gasteiger partial charge in [0.2, 0.25) is 0 Å². The third-order valence-electron chi connectivity index (χ3n) is 1.94. The molecule has 0 saturated heterocycles. The first-order valence-electron chi connectivity index (χ1n) is 3.98. The fourth-order valence-corrected chi connectivity index (χ4v) is 1.08. The summed E-state index contributed by atoms with van der Waals surface area (Å²) in [5, 5.41) is 0. The van der Waals surface area contributed by atoms with Crippen molar-refractivity contribution in [2.24, 2.45) is 15.9 Å². The highest BCUT2D eigenvalue weighted by Gasteiger charge is 2.15. The number of aliphatic imine (C=N–C) groups is 2. The van der Waals surface area contributed by atoms with E-state index in [9.17, 15) is 0 Å². The summed E-state index contributed by atoms with van der Waals surface area (Å²) in [6.45, 7) is 5.95. The van der Waals surface area contributed by atoms with Crippen LogP contribution < -0.4 is 0 Å². The quantitative estimate of drug-likeness (QED) is 0.542. The van der Waals surface area contributed by atoms with Crippen LogP contribution in [-0.4, -0.2) is 18.7 Å². The van der Waals surface area contributed by atoms with Gasteiger partial charge in [-0.05, 0) is 20.8 Å². The molecule has 3 heteroatoms. The summed E-state index contributed by atoms with van der Waals surface area (Å²) in [5.41, 5.74) is 1.97. The van der Waals surface area contributed by atoms with E-state index in [1.54, 1.807) is 13.3 Å². The Labute approximate surface area is 72.9 Å². The summed E-state index contributed by atoms with van der Waals surface area (Å²) in [6, 6.07) is 0. The zero-order valence-corrected chi connectivity index (χ0v) is 7.96. The van der Waals surface area contributed by atoms with E-state index in [4.69, 9.17) is 4.74 Å². The summed E-state index contributed by atoms with van der Waals surface area (Å²) in [6.07, 6.45) is 1.73. The van der Waals surface area contributed by atoms with Crippen molar-refractivity contribution in [3.8, 4) is 0 Å². The first-order valence-corrected chi connectivity index (χ1v) is 3.98. The molecule has 0 N–H and O–H groups in total. The minimum atomic E-state index is 0.184. The SMILES string of the molecule is COC1=NC=C(C)N=C(C)C1C. The summed E-state index contributed by atoms with van der Waals surface area (Å²) < 4.78 is 5.13. The maximum absolute atomic E-state index is 5.13. The summed E-state index contributed by atoms with van der Waals surface area (Å²) in [5.74, 6) is 0.914. The molecule has 3 nitrogen and oxygen atoms in total. The molecular formula is C9H14N2O. The monoisotopic (exact) mass is 166 g/mol. The van der Waals surface area contributed by atoms with Gasteiger partial charge in [0, 0.05) is 5.71 Å². The first kappa shape index (κ1) is 8.97. The number of methoxy groups -OCH3 is 1. The Morgan fingerprint density at radius 2 is 2.08 bits per heavy atom. The van der Waals surface area contributed by atoms with Crippen LogP contribution in [0, 0.1) is 5.92 Å². The Morgan fingerprint density at radius 1 is 1.42 bits per heavy atom. The van der Waals surface area contributed by atoms with Gasteiger partial charge in [0.15, 0.2) is 5.90 Å². The first-order chi connectivity index (χ1) is 5.65. The molecule has 0 amide bonds. The molecule has 1 unspecified atom stereocenters. The fraction of sp³-hybridized carbons (Fsp3) is 0.556. The predicted octanol–water partition coefficient (Wildman–Crippen LogP) is 2.00. The Morgan fingerprint density at radius 3 is 2.67 bits per heavy atom. The zero-order valence-electron chi connectivity index (χ0n) is 7.96. The number of hydrogen-bond donors (Lipinski definition) is 0. The summed E-state index contributed by atoms with van der Waals surface area (Å²) in [7, 11) is 1.64. The van der Waals surface area contributed by atoms with E-state index in [-0.39, 0.29) is 5.92 Å². The molecule has 0 spiro atoms. The third kappa shape index (κ3) is 1.72. The molecule has 1 heterocycles. The average Bonchev–Trinajstić information content (AvgIpc) is 2.14. The molecule has 0 aliphatic carbocycles. The lowest BCUT2D eigenvalue weighted by Crippen LogP contribution is -2.19. The third-order valence-corrected chi connectivity index (χ3v) is 1.94. The molecule has 0 bridgehead atoms. The molecule has 12 heavy (non-hydrogen) atoms. The Balaban J connectivity index is 3.00. The molecule has 0 aromatic rings. The van der Waals surface area contributed by atoms with Crippen LogP contribution in [0.5, 0.6) is 0 Å². The van der Waals surface area contributed by atoms with Crippen LogP contribution in [-0.2, 0) is 4.74 Å². The van der Waals surface area contributed by atoms with Crippen LogP contribution in [0.2, 0.25) is 0 Å². The molecular weight excluding hydrogens is 152 g/mol. The van der Waals surface area contributed by atoms with Crippen LogP contribution in [0.15, 0.2) is 21.9 Å². The Kier molecular flexibility index (Phi) is 2.63. The van der Waals surface area contributed by atoms with Gasteiger partial charge in [-0.3, -0.25) is 4.99 Å². The van der Waals surface area contributed by atoms with E-state index in [0.717, 1.165) is 17.3 Å². The van der Waals surface area contributed by atoms with Crippen LogP contribution in [0.3, 0.4) is 0 Å². The number of ether oxygens (including phenoxy) is 1. The van der Waals surface area contributed by atoms with Crippen LogP contribution in [0.4, 0.5) is 0 Å². The van der Waals surface area contributed by atoms with Gasteiger partial charge in [-0.25, -0.2) is 4.99 Å². The van der Waals surface area contributed by atoms with E-state index in [0.29, 0.717) is 0 Å². The van der Waals surface area contributed by atoms with Gasteiger partial charge in [-0.15, -0.1) is 0 Å². The normalized spacial score (nSPS) is 23.7. The lowest BCUT2D eigenvalue weighted by atomic mass is 10.1. The molecule has 0 saturated carbocycles. The summed E-state index contributed by atoms with van der Waals surface area (Å²) in [4.78, 5) is 8.51. The molecule has 1 atom stereocenters. The van der Waals surface area contributed by atoms with Gasteiger partial charge in [0.05, 0.1) is 24.9 Å². The average molecular weight is 166 g/mol. The standard InChI is InChI=1S/C9H14N2O/c1-6-5-10-9(12-4)7(2)8(3)11-6/h5,7H,1-4H3.